The first-order valence-corrected chi connectivity index (χ1v) is 8.71. The van der Waals surface area contributed by atoms with Gasteiger partial charge in [-0.1, -0.05) is 6.92 Å². The van der Waals surface area contributed by atoms with Crippen LogP contribution in [0.4, 0.5) is 0 Å². The van der Waals surface area contributed by atoms with E-state index >= 15 is 0 Å². The van der Waals surface area contributed by atoms with Gasteiger partial charge in [-0.25, -0.2) is 0 Å². The van der Waals surface area contributed by atoms with Crippen molar-refractivity contribution in [3.63, 3.8) is 0 Å². The van der Waals surface area contributed by atoms with E-state index in [2.05, 4.69) is 25.0 Å². The van der Waals surface area contributed by atoms with Crippen LogP contribution >= 0.6 is 0 Å². The molecule has 1 rings (SSSR count). The molecule has 0 saturated carbocycles. The Labute approximate surface area is 77.8 Å². The van der Waals surface area contributed by atoms with Crippen molar-refractivity contribution < 1.29 is 8.85 Å². The molecule has 1 atom stereocenters. The quantitative estimate of drug-likeness (QED) is 0.613. The third kappa shape index (κ3) is 3.08. The van der Waals surface area contributed by atoms with Crippen LogP contribution in [0.2, 0.25) is 13.1 Å². The second kappa shape index (κ2) is 4.78. The van der Waals surface area contributed by atoms with E-state index < -0.39 is 18.8 Å². The van der Waals surface area contributed by atoms with Crippen molar-refractivity contribution in [1.29, 1.82) is 0 Å². The van der Waals surface area contributed by atoms with Gasteiger partial charge in [0.15, 0.2) is 24.7 Å². The number of nitrogens with zero attached hydrogens (tertiary/aromatic N) is 1. The summed E-state index contributed by atoms with van der Waals surface area (Å²) in [6.45, 7) is 7.25. The minimum atomic E-state index is -0.819. The van der Waals surface area contributed by atoms with Gasteiger partial charge in [0.1, 0.15) is 6.61 Å². The zero-order chi connectivity index (χ0) is 8.97. The van der Waals surface area contributed by atoms with Gasteiger partial charge < -0.3 is 8.85 Å². The summed E-state index contributed by atoms with van der Waals surface area (Å²) in [7, 11) is -1.27. The van der Waals surface area contributed by atoms with E-state index in [0.29, 0.717) is 5.67 Å². The summed E-state index contributed by atoms with van der Waals surface area (Å²) >= 11 is 0. The molecule has 0 radical (unpaired) electrons. The molecule has 0 spiro atoms. The van der Waals surface area contributed by atoms with Gasteiger partial charge in [0.25, 0.3) is 0 Å². The Morgan fingerprint density at radius 2 is 2.50 bits per heavy atom. The Bertz CT molecular complexity index is 173. The lowest BCUT2D eigenvalue weighted by molar-refractivity contribution is 0.327. The molecule has 0 aromatic heterocycles. The molecule has 1 aliphatic rings. The molecule has 1 aliphatic heterocycles. The fourth-order valence-electron chi connectivity index (χ4n) is 1.05. The van der Waals surface area contributed by atoms with E-state index in [-0.39, 0.29) is 0 Å². The largest absolute Gasteiger partial charge is 0.479 e. The molecule has 0 N–H and O–H groups in total. The van der Waals surface area contributed by atoms with Crippen LogP contribution in [0.1, 0.15) is 13.3 Å². The summed E-state index contributed by atoms with van der Waals surface area (Å²) in [6, 6.07) is 0. The van der Waals surface area contributed by atoms with Crippen molar-refractivity contribution in [3.8, 4) is 0 Å². The van der Waals surface area contributed by atoms with Crippen LogP contribution in [0, 0.1) is 0 Å². The number of ether oxygens (including phenoxy) is 1. The molecule has 0 aromatic carbocycles. The van der Waals surface area contributed by atoms with Crippen LogP contribution in [0.5, 0.6) is 0 Å². The minimum absolute atomic E-state index is 0.398. The molecule has 5 heteroatoms. The van der Waals surface area contributed by atoms with E-state index in [0.717, 1.165) is 18.9 Å². The average Bonchev–Trinajstić information content (AvgIpc) is 2.48. The summed E-state index contributed by atoms with van der Waals surface area (Å²) in [6.07, 6.45) is 0.921. The Morgan fingerprint density at radius 3 is 3.00 bits per heavy atom. The Kier molecular flexibility index (Phi) is 3.97. The molecule has 3 nitrogen and oxygen atoms in total. The van der Waals surface area contributed by atoms with Gasteiger partial charge in [0.2, 0.25) is 0 Å². The summed E-state index contributed by atoms with van der Waals surface area (Å²) in [5.41, 5.74) is 0.398. The van der Waals surface area contributed by atoms with Crippen molar-refractivity contribution in [3.05, 3.63) is 0 Å². The van der Waals surface area contributed by atoms with Gasteiger partial charge in [-0.15, -0.1) is 0 Å². The molecule has 1 heterocycles. The maximum atomic E-state index is 5.71. The van der Waals surface area contributed by atoms with Crippen LogP contribution in [-0.2, 0) is 8.85 Å². The molecule has 0 bridgehead atoms. The first-order chi connectivity index (χ1) is 5.72. The summed E-state index contributed by atoms with van der Waals surface area (Å²) in [5.74, 6) is 0.918. The van der Waals surface area contributed by atoms with Gasteiger partial charge >= 0.3 is 0 Å². The fraction of sp³-hybridized carbons (Fsp3) is 0.857. The first kappa shape index (κ1) is 9.95. The summed E-state index contributed by atoms with van der Waals surface area (Å²) in [5, 5.41) is 0. The van der Waals surface area contributed by atoms with Crippen molar-refractivity contribution in [2.75, 3.05) is 6.61 Å². The normalized spacial score (nSPS) is 23.7. The maximum Gasteiger partial charge on any atom is 0.183 e. The predicted molar refractivity (Wildman–Crippen MR) is 56.0 cm³/mol. The van der Waals surface area contributed by atoms with Gasteiger partial charge in [-0.2, -0.15) is 0 Å². The summed E-state index contributed by atoms with van der Waals surface area (Å²) < 4.78 is 11.1. The van der Waals surface area contributed by atoms with Crippen molar-refractivity contribution >= 4 is 24.7 Å². The maximum absolute atomic E-state index is 5.71. The fourth-order valence-corrected chi connectivity index (χ4v) is 3.97. The highest BCUT2D eigenvalue weighted by Gasteiger charge is 2.18. The molecular weight excluding hydrogens is 186 g/mol. The lowest BCUT2D eigenvalue weighted by atomic mass is 10.5. The van der Waals surface area contributed by atoms with E-state index in [1.807, 2.05) is 0 Å². The van der Waals surface area contributed by atoms with Gasteiger partial charge in [-0.3, -0.25) is 4.99 Å². The SMILES string of the molecule is CCC1=NC([SiH2]O[SiH](C)C)CO1. The van der Waals surface area contributed by atoms with Gasteiger partial charge in [0.05, 0.1) is 5.67 Å². The van der Waals surface area contributed by atoms with Crippen LogP contribution in [0.15, 0.2) is 4.99 Å². The average molecular weight is 203 g/mol. The van der Waals surface area contributed by atoms with Crippen LogP contribution in [-0.4, -0.2) is 37.0 Å². The Hall–Kier alpha value is -0.136. The highest BCUT2D eigenvalue weighted by molar-refractivity contribution is 6.56. The van der Waals surface area contributed by atoms with Crippen LogP contribution in [0.3, 0.4) is 0 Å². The molecule has 0 aliphatic carbocycles. The van der Waals surface area contributed by atoms with Gasteiger partial charge in [0, 0.05) is 6.42 Å². The predicted octanol–water partition coefficient (Wildman–Crippen LogP) is 0.235. The molecular formula is C7H17NO2Si2. The van der Waals surface area contributed by atoms with Crippen molar-refractivity contribution in [2.24, 2.45) is 4.99 Å². The van der Waals surface area contributed by atoms with Crippen LogP contribution < -0.4 is 0 Å². The monoisotopic (exact) mass is 203 g/mol. The number of aliphatic imine (C=N–C) groups is 1. The molecule has 0 aromatic rings. The third-order valence-corrected chi connectivity index (χ3v) is 5.93. The number of hydrogen-bond acceptors (Lipinski definition) is 3. The molecule has 12 heavy (non-hydrogen) atoms. The number of hydrogen-bond donors (Lipinski definition) is 0. The minimum Gasteiger partial charge on any atom is -0.479 e. The first-order valence-electron chi connectivity index (χ1n) is 4.53. The number of rotatable bonds is 4. The zero-order valence-electron chi connectivity index (χ0n) is 8.04. The molecule has 0 amide bonds. The van der Waals surface area contributed by atoms with E-state index in [4.69, 9.17) is 8.85 Å². The van der Waals surface area contributed by atoms with E-state index in [9.17, 15) is 0 Å². The standard InChI is InChI=1S/C7H17NO2Si2/c1-4-6-8-7(5-9-6)11-10-12(2)3/h7,12H,4-5,11H2,1-3H3. The summed E-state index contributed by atoms with van der Waals surface area (Å²) in [4.78, 5) is 4.43. The van der Waals surface area contributed by atoms with Crippen LogP contribution in [0.25, 0.3) is 0 Å². The highest BCUT2D eigenvalue weighted by atomic mass is 28.3. The highest BCUT2D eigenvalue weighted by Crippen LogP contribution is 2.05. The lowest BCUT2D eigenvalue weighted by Gasteiger charge is -2.07. The zero-order valence-corrected chi connectivity index (χ0v) is 10.6. The lowest BCUT2D eigenvalue weighted by Crippen LogP contribution is -2.23. The second-order valence-corrected chi connectivity index (χ2v) is 7.93. The van der Waals surface area contributed by atoms with Gasteiger partial charge in [-0.05, 0) is 13.1 Å². The third-order valence-electron chi connectivity index (χ3n) is 1.69. The van der Waals surface area contributed by atoms with E-state index in [1.54, 1.807) is 0 Å². The second-order valence-electron chi connectivity index (χ2n) is 3.22. The van der Waals surface area contributed by atoms with Crippen molar-refractivity contribution in [2.45, 2.75) is 32.1 Å². The molecule has 0 fully saturated rings. The topological polar surface area (TPSA) is 30.8 Å². The Morgan fingerprint density at radius 1 is 1.75 bits per heavy atom. The Balaban J connectivity index is 2.22. The van der Waals surface area contributed by atoms with Crippen molar-refractivity contribution in [1.82, 2.24) is 0 Å². The molecule has 0 saturated heterocycles. The molecule has 1 unspecified atom stereocenters. The molecule has 70 valence electrons. The smallest absolute Gasteiger partial charge is 0.183 e. The van der Waals surface area contributed by atoms with E-state index in [1.165, 1.54) is 0 Å².